The van der Waals surface area contributed by atoms with Gasteiger partial charge in [-0.1, -0.05) is 6.07 Å². The lowest BCUT2D eigenvalue weighted by Crippen LogP contribution is -2.02. The van der Waals surface area contributed by atoms with Crippen molar-refractivity contribution < 1.29 is 0 Å². The van der Waals surface area contributed by atoms with Crippen molar-refractivity contribution >= 4 is 12.3 Å². The number of hydrogen-bond donors (Lipinski definition) is 0. The van der Waals surface area contributed by atoms with Crippen molar-refractivity contribution in [3.8, 4) is 0 Å². The molecule has 0 atom stereocenters. The molecule has 2 heterocycles. The molecule has 3 rings (SSSR count). The Morgan fingerprint density at radius 3 is 3.31 bits per heavy atom. The number of pyridine rings is 1. The zero-order valence-corrected chi connectivity index (χ0v) is 7.07. The maximum atomic E-state index is 4.34. The van der Waals surface area contributed by atoms with Gasteiger partial charge in [-0.3, -0.25) is 9.98 Å². The highest BCUT2D eigenvalue weighted by molar-refractivity contribution is 5.83. The molecule has 0 spiro atoms. The van der Waals surface area contributed by atoms with E-state index in [1.165, 1.54) is 11.1 Å². The summed E-state index contributed by atoms with van der Waals surface area (Å²) in [6.07, 6.45) is 8.77. The summed E-state index contributed by atoms with van der Waals surface area (Å²) in [4.78, 5) is 8.61. The normalized spacial score (nSPS) is 17.5. The minimum absolute atomic E-state index is 0.919. The molecule has 0 unspecified atom stereocenters. The zero-order valence-electron chi connectivity index (χ0n) is 7.07. The average Bonchev–Trinajstić information content (AvgIpc) is 2.61. The molecular weight excluding hydrogens is 160 g/mol. The van der Waals surface area contributed by atoms with E-state index in [4.69, 9.17) is 0 Å². The summed E-state index contributed by atoms with van der Waals surface area (Å²) in [5.74, 6) is 0. The van der Waals surface area contributed by atoms with E-state index in [1.54, 1.807) is 0 Å². The Morgan fingerprint density at radius 1 is 1.31 bits per heavy atom. The number of aromatic nitrogens is 1. The van der Waals surface area contributed by atoms with Gasteiger partial charge in [-0.05, 0) is 29.4 Å². The van der Waals surface area contributed by atoms with Crippen LogP contribution in [0.4, 0.5) is 0 Å². The van der Waals surface area contributed by atoms with E-state index in [-0.39, 0.29) is 0 Å². The Hall–Kier alpha value is -1.70. The van der Waals surface area contributed by atoms with E-state index >= 15 is 0 Å². The van der Waals surface area contributed by atoms with Crippen LogP contribution >= 0.6 is 0 Å². The van der Waals surface area contributed by atoms with E-state index in [2.05, 4.69) is 28.2 Å². The second-order valence-corrected chi connectivity index (χ2v) is 3.22. The van der Waals surface area contributed by atoms with Crippen LogP contribution in [0.1, 0.15) is 11.3 Å². The van der Waals surface area contributed by atoms with Crippen LogP contribution in [-0.2, 0) is 6.42 Å². The molecule has 0 saturated carbocycles. The fourth-order valence-corrected chi connectivity index (χ4v) is 1.71. The van der Waals surface area contributed by atoms with Crippen LogP contribution in [0.5, 0.6) is 0 Å². The Bertz CT molecular complexity index is 453. The number of hydrogen-bond acceptors (Lipinski definition) is 2. The molecule has 2 heteroatoms. The van der Waals surface area contributed by atoms with Crippen molar-refractivity contribution in [3.63, 3.8) is 0 Å². The third kappa shape index (κ3) is 0.952. The van der Waals surface area contributed by atoms with Crippen LogP contribution in [0.2, 0.25) is 0 Å². The second kappa shape index (κ2) is 2.39. The van der Waals surface area contributed by atoms with Gasteiger partial charge in [0.1, 0.15) is 0 Å². The first-order chi connectivity index (χ1) is 6.43. The van der Waals surface area contributed by atoms with Crippen LogP contribution in [-0.4, -0.2) is 11.2 Å². The summed E-state index contributed by atoms with van der Waals surface area (Å²) in [5.41, 5.74) is 4.74. The molecule has 0 bridgehead atoms. The van der Waals surface area contributed by atoms with Crippen LogP contribution in [0.15, 0.2) is 40.7 Å². The van der Waals surface area contributed by atoms with Gasteiger partial charge in [0.25, 0.3) is 0 Å². The molecule has 1 aliphatic heterocycles. The largest absolute Gasteiger partial charge is 0.260 e. The number of fused-ring (bicyclic) bond motifs is 2. The van der Waals surface area contributed by atoms with Crippen LogP contribution in [0.3, 0.4) is 0 Å². The highest BCUT2D eigenvalue weighted by Crippen LogP contribution is 2.29. The topological polar surface area (TPSA) is 25.2 Å². The van der Waals surface area contributed by atoms with Gasteiger partial charge in [-0.15, -0.1) is 0 Å². The summed E-state index contributed by atoms with van der Waals surface area (Å²) in [6, 6.07) is 4.04. The molecule has 2 aliphatic rings. The molecule has 62 valence electrons. The van der Waals surface area contributed by atoms with E-state index in [0.29, 0.717) is 0 Å². The van der Waals surface area contributed by atoms with E-state index in [0.717, 1.165) is 17.8 Å². The quantitative estimate of drug-likeness (QED) is 0.581. The van der Waals surface area contributed by atoms with Gasteiger partial charge in [0.15, 0.2) is 0 Å². The highest BCUT2D eigenvalue weighted by atomic mass is 14.8. The number of nitrogens with zero attached hydrogens (tertiary/aromatic N) is 2. The molecule has 0 amide bonds. The lowest BCUT2D eigenvalue weighted by Gasteiger charge is -2.12. The molecular formula is C11H8N2. The van der Waals surface area contributed by atoms with Crippen molar-refractivity contribution in [2.24, 2.45) is 4.99 Å². The first-order valence-corrected chi connectivity index (χ1v) is 4.33. The smallest absolute Gasteiger partial charge is 0.0672 e. The molecule has 1 aliphatic carbocycles. The predicted molar refractivity (Wildman–Crippen MR) is 52.5 cm³/mol. The van der Waals surface area contributed by atoms with Crippen molar-refractivity contribution in [1.29, 1.82) is 0 Å². The molecule has 1 aromatic heterocycles. The summed E-state index contributed by atoms with van der Waals surface area (Å²) in [6.45, 7) is 0. The number of rotatable bonds is 0. The average molecular weight is 168 g/mol. The number of allylic oxidation sites excluding steroid dienone is 2. The molecule has 13 heavy (non-hydrogen) atoms. The van der Waals surface area contributed by atoms with Crippen molar-refractivity contribution in [1.82, 2.24) is 4.98 Å². The van der Waals surface area contributed by atoms with Gasteiger partial charge >= 0.3 is 0 Å². The first kappa shape index (κ1) is 6.78. The first-order valence-electron chi connectivity index (χ1n) is 4.33. The maximum Gasteiger partial charge on any atom is 0.0672 e. The summed E-state index contributed by atoms with van der Waals surface area (Å²) in [5, 5.41) is 0. The Labute approximate surface area is 76.3 Å². The van der Waals surface area contributed by atoms with Crippen molar-refractivity contribution in [2.45, 2.75) is 6.42 Å². The molecule has 1 aromatic rings. The predicted octanol–water partition coefficient (Wildman–Crippen LogP) is 1.99. The van der Waals surface area contributed by atoms with E-state index < -0.39 is 0 Å². The van der Waals surface area contributed by atoms with E-state index in [1.807, 2.05) is 18.5 Å². The Morgan fingerprint density at radius 2 is 2.31 bits per heavy atom. The molecule has 0 saturated heterocycles. The maximum absolute atomic E-state index is 4.34. The molecule has 0 N–H and O–H groups in total. The van der Waals surface area contributed by atoms with Gasteiger partial charge in [0.05, 0.1) is 11.4 Å². The van der Waals surface area contributed by atoms with Gasteiger partial charge in [-0.2, -0.15) is 0 Å². The molecule has 0 aromatic carbocycles. The third-order valence-electron chi connectivity index (χ3n) is 2.39. The van der Waals surface area contributed by atoms with Crippen LogP contribution in [0.25, 0.3) is 6.08 Å². The van der Waals surface area contributed by atoms with Gasteiger partial charge in [-0.25, -0.2) is 0 Å². The van der Waals surface area contributed by atoms with Crippen LogP contribution < -0.4 is 0 Å². The van der Waals surface area contributed by atoms with Gasteiger partial charge in [0.2, 0.25) is 0 Å². The molecule has 2 nitrogen and oxygen atoms in total. The lowest BCUT2D eigenvalue weighted by atomic mass is 9.97. The fourth-order valence-electron chi connectivity index (χ4n) is 1.71. The lowest BCUT2D eigenvalue weighted by molar-refractivity contribution is 1.03. The van der Waals surface area contributed by atoms with Gasteiger partial charge in [0, 0.05) is 18.8 Å². The van der Waals surface area contributed by atoms with Crippen molar-refractivity contribution in [3.05, 3.63) is 46.9 Å². The summed E-state index contributed by atoms with van der Waals surface area (Å²) < 4.78 is 0. The Kier molecular flexibility index (Phi) is 1.25. The fraction of sp³-hybridized carbons (Fsp3) is 0.0909. The van der Waals surface area contributed by atoms with Crippen molar-refractivity contribution in [2.75, 3.05) is 0 Å². The second-order valence-electron chi connectivity index (χ2n) is 3.22. The van der Waals surface area contributed by atoms with Gasteiger partial charge < -0.3 is 0 Å². The minimum atomic E-state index is 0.919. The zero-order chi connectivity index (χ0) is 8.67. The molecule has 0 radical (unpaired) electrons. The number of aliphatic imine (C=N–C) groups is 1. The highest BCUT2D eigenvalue weighted by Gasteiger charge is 2.16. The van der Waals surface area contributed by atoms with E-state index in [9.17, 15) is 0 Å². The summed E-state index contributed by atoms with van der Waals surface area (Å²) in [7, 11) is 0. The monoisotopic (exact) mass is 168 g/mol. The standard InChI is InChI=1S/C11H8N2/c1-2-8-6-11-9(3-5-13-11)7-10(8)12-4-1/h1-6H,7H2. The SMILES string of the molecule is C1=NC2=Cc3cccnc3CC2=C1. The third-order valence-corrected chi connectivity index (χ3v) is 2.39. The minimum Gasteiger partial charge on any atom is -0.260 e. The molecule has 0 fully saturated rings. The Balaban J connectivity index is 2.21. The summed E-state index contributed by atoms with van der Waals surface area (Å²) >= 11 is 0. The van der Waals surface area contributed by atoms with Crippen LogP contribution in [0, 0.1) is 0 Å².